The highest BCUT2D eigenvalue weighted by atomic mass is 32.1. The van der Waals surface area contributed by atoms with Crippen LogP contribution in [0.15, 0.2) is 10.6 Å². The second-order valence-corrected chi connectivity index (χ2v) is 7.89. The zero-order valence-electron chi connectivity index (χ0n) is 15.3. The van der Waals surface area contributed by atoms with E-state index in [1.807, 2.05) is 11.1 Å². The van der Waals surface area contributed by atoms with E-state index in [2.05, 4.69) is 45.3 Å². The Labute approximate surface area is 158 Å². The van der Waals surface area contributed by atoms with E-state index in [4.69, 9.17) is 4.42 Å². The van der Waals surface area contributed by atoms with Gasteiger partial charge in [-0.3, -0.25) is 4.79 Å². The van der Waals surface area contributed by atoms with E-state index >= 15 is 0 Å². The zero-order chi connectivity index (χ0) is 17.0. The minimum atomic E-state index is -0.0621. The molecule has 6 heteroatoms. The van der Waals surface area contributed by atoms with Crippen LogP contribution in [0, 0.1) is 5.92 Å². The van der Waals surface area contributed by atoms with Crippen LogP contribution in [0.4, 0.5) is 0 Å². The number of oxazole rings is 1. The molecule has 2 heterocycles. The summed E-state index contributed by atoms with van der Waals surface area (Å²) >= 11 is 4.39. The summed E-state index contributed by atoms with van der Waals surface area (Å²) < 4.78 is 5.98. The van der Waals surface area contributed by atoms with E-state index < -0.39 is 0 Å². The highest BCUT2D eigenvalue weighted by Gasteiger charge is 2.36. The molecule has 4 nitrogen and oxygen atoms in total. The van der Waals surface area contributed by atoms with Crippen molar-refractivity contribution in [2.24, 2.45) is 5.92 Å². The Morgan fingerprint density at radius 2 is 2.21 bits per heavy atom. The molecule has 138 valence electrons. The Balaban J connectivity index is 0.00000288. The molecule has 1 aromatic heterocycles. The number of rotatable bonds is 6. The van der Waals surface area contributed by atoms with Crippen LogP contribution in [0.3, 0.4) is 0 Å². The van der Waals surface area contributed by atoms with E-state index in [0.29, 0.717) is 11.6 Å². The van der Waals surface area contributed by atoms with Crippen LogP contribution in [0.1, 0.15) is 77.5 Å². The smallest absolute Gasteiger partial charge is 0.227 e. The molecule has 0 bridgehead atoms. The van der Waals surface area contributed by atoms with E-state index in [1.54, 1.807) is 0 Å². The highest BCUT2D eigenvalue weighted by Crippen LogP contribution is 2.35. The van der Waals surface area contributed by atoms with Crippen LogP contribution in [0.5, 0.6) is 0 Å². The predicted octanol–water partition coefficient (Wildman–Crippen LogP) is 4.48. The minimum absolute atomic E-state index is 0. The van der Waals surface area contributed by atoms with Crippen LogP contribution in [-0.4, -0.2) is 28.1 Å². The molecule has 0 aliphatic carbocycles. The lowest BCUT2D eigenvalue weighted by molar-refractivity contribution is -0.136. The summed E-state index contributed by atoms with van der Waals surface area (Å²) in [6, 6.07) is -0.0115. The van der Waals surface area contributed by atoms with Crippen molar-refractivity contribution >= 4 is 32.0 Å². The maximum absolute atomic E-state index is 12.9. The number of likely N-dealkylation sites (tertiary alicyclic amines) is 1. The fourth-order valence-corrected chi connectivity index (χ4v) is 3.39. The largest absolute Gasteiger partial charge is 0.443 e. The normalized spacial score (nSPS) is 19.2. The quantitative estimate of drug-likeness (QED) is 0.749. The summed E-state index contributed by atoms with van der Waals surface area (Å²) in [4.78, 5) is 19.3. The molecular weight excluding hydrogens is 340 g/mol. The summed E-state index contributed by atoms with van der Waals surface area (Å²) in [6.07, 6.45) is 6.85. The summed E-state index contributed by atoms with van der Waals surface area (Å²) in [5, 5.41) is 0. The van der Waals surface area contributed by atoms with E-state index in [0.717, 1.165) is 44.4 Å². The summed E-state index contributed by atoms with van der Waals surface area (Å²) in [5.41, 5.74) is -0.0621. The van der Waals surface area contributed by atoms with Crippen molar-refractivity contribution in [3.63, 3.8) is 0 Å². The molecule has 1 amide bonds. The molecule has 0 saturated carbocycles. The summed E-state index contributed by atoms with van der Waals surface area (Å²) in [7, 11) is 0. The van der Waals surface area contributed by atoms with Gasteiger partial charge in [0.15, 0.2) is 0 Å². The van der Waals surface area contributed by atoms with Gasteiger partial charge in [-0.25, -0.2) is 4.98 Å². The van der Waals surface area contributed by atoms with Gasteiger partial charge in [-0.05, 0) is 19.3 Å². The average Bonchev–Trinajstić information content (AvgIpc) is 3.15. The molecular formula is C18H32N2O2S2. The van der Waals surface area contributed by atoms with Gasteiger partial charge >= 0.3 is 0 Å². The predicted molar refractivity (Wildman–Crippen MR) is 106 cm³/mol. The number of carbonyl (C=O) groups excluding carboxylic acids is 1. The topological polar surface area (TPSA) is 46.3 Å². The third-order valence-electron chi connectivity index (χ3n) is 4.56. The monoisotopic (exact) mass is 372 g/mol. The van der Waals surface area contributed by atoms with Gasteiger partial charge in [-0.1, -0.05) is 40.5 Å². The van der Waals surface area contributed by atoms with Gasteiger partial charge in [-0.2, -0.15) is 26.1 Å². The van der Waals surface area contributed by atoms with E-state index in [-0.39, 0.29) is 36.8 Å². The van der Waals surface area contributed by atoms with Crippen molar-refractivity contribution < 1.29 is 9.21 Å². The van der Waals surface area contributed by atoms with Gasteiger partial charge in [0, 0.05) is 23.6 Å². The van der Waals surface area contributed by atoms with Gasteiger partial charge in [0.25, 0.3) is 0 Å². The number of nitrogens with zero attached hydrogens (tertiary/aromatic N) is 2. The molecule has 2 atom stereocenters. The Morgan fingerprint density at radius 1 is 1.50 bits per heavy atom. The molecule has 1 aliphatic heterocycles. The van der Waals surface area contributed by atoms with Crippen molar-refractivity contribution in [3.8, 4) is 0 Å². The zero-order valence-corrected chi connectivity index (χ0v) is 17.2. The molecule has 2 rings (SSSR count). The number of hydrogen-bond donors (Lipinski definition) is 1. The maximum atomic E-state index is 12.9. The number of thiol groups is 1. The van der Waals surface area contributed by atoms with Gasteiger partial charge < -0.3 is 9.32 Å². The number of carbonyl (C=O) groups is 1. The lowest BCUT2D eigenvalue weighted by atomic mass is 9.94. The first kappa shape index (κ1) is 21.4. The molecule has 0 N–H and O–H groups in total. The molecule has 1 saturated heterocycles. The Kier molecular flexibility index (Phi) is 8.20. The van der Waals surface area contributed by atoms with Gasteiger partial charge in [0.05, 0.1) is 6.20 Å². The first-order valence-corrected chi connectivity index (χ1v) is 9.39. The van der Waals surface area contributed by atoms with Crippen molar-refractivity contribution in [2.45, 2.75) is 71.3 Å². The minimum Gasteiger partial charge on any atom is -0.443 e. The second kappa shape index (κ2) is 9.18. The van der Waals surface area contributed by atoms with Crippen LogP contribution in [0.25, 0.3) is 0 Å². The number of aromatic nitrogens is 1. The maximum Gasteiger partial charge on any atom is 0.227 e. The van der Waals surface area contributed by atoms with Crippen LogP contribution < -0.4 is 0 Å². The number of unbranched alkanes of at least 4 members (excludes halogenated alkanes) is 1. The van der Waals surface area contributed by atoms with Crippen LogP contribution in [0.2, 0.25) is 0 Å². The van der Waals surface area contributed by atoms with Gasteiger partial charge in [0.2, 0.25) is 11.8 Å². The van der Waals surface area contributed by atoms with E-state index in [9.17, 15) is 4.79 Å². The molecule has 0 aromatic carbocycles. The standard InChI is InChI=1S/C18H30N2O2S.H2S/c1-5-6-8-13(12-23)17(21)20-10-7-9-14(20)16-19-11-15(22-16)18(2,3)4;/h11,13-14,23H,5-10,12H2,1-4H3;1H2/t13?,14-;/m0./s1. The molecule has 1 aromatic rings. The summed E-state index contributed by atoms with van der Waals surface area (Å²) in [6.45, 7) is 9.27. The molecule has 1 fully saturated rings. The van der Waals surface area contributed by atoms with Gasteiger partial charge in [-0.15, -0.1) is 0 Å². The second-order valence-electron chi connectivity index (χ2n) is 7.52. The third-order valence-corrected chi connectivity index (χ3v) is 5.00. The first-order valence-electron chi connectivity index (χ1n) is 8.76. The number of amides is 1. The Hall–Kier alpha value is -0.620. The average molecular weight is 373 g/mol. The van der Waals surface area contributed by atoms with Crippen LogP contribution in [-0.2, 0) is 10.2 Å². The molecule has 1 aliphatic rings. The highest BCUT2D eigenvalue weighted by molar-refractivity contribution is 7.80. The van der Waals surface area contributed by atoms with E-state index in [1.165, 1.54) is 0 Å². The number of hydrogen-bond acceptors (Lipinski definition) is 4. The van der Waals surface area contributed by atoms with Crippen molar-refractivity contribution in [2.75, 3.05) is 12.3 Å². The first-order chi connectivity index (χ1) is 10.9. The van der Waals surface area contributed by atoms with Gasteiger partial charge in [0.1, 0.15) is 11.8 Å². The summed E-state index contributed by atoms with van der Waals surface area (Å²) in [5.74, 6) is 2.40. The Bertz CT molecular complexity index is 525. The fraction of sp³-hybridized carbons (Fsp3) is 0.778. The van der Waals surface area contributed by atoms with Crippen molar-refractivity contribution in [1.82, 2.24) is 9.88 Å². The third kappa shape index (κ3) is 4.94. The molecule has 0 spiro atoms. The molecule has 24 heavy (non-hydrogen) atoms. The van der Waals surface area contributed by atoms with Crippen molar-refractivity contribution in [1.29, 1.82) is 0 Å². The molecule has 0 radical (unpaired) electrons. The lowest BCUT2D eigenvalue weighted by Crippen LogP contribution is -2.36. The SMILES string of the molecule is CCCCC(CS)C(=O)N1CCC[C@H]1c1ncc(C(C)(C)C)o1.S. The fourth-order valence-electron chi connectivity index (χ4n) is 3.05. The van der Waals surface area contributed by atoms with Crippen LogP contribution >= 0.6 is 26.1 Å². The van der Waals surface area contributed by atoms with Crippen molar-refractivity contribution in [3.05, 3.63) is 17.8 Å². The molecule has 1 unspecified atom stereocenters. The lowest BCUT2D eigenvalue weighted by Gasteiger charge is -2.26. The Morgan fingerprint density at radius 3 is 2.75 bits per heavy atom.